The average molecular weight is 913 g/mol. The van der Waals surface area contributed by atoms with E-state index in [1.54, 1.807) is 20.8 Å². The lowest BCUT2D eigenvalue weighted by Crippen LogP contribution is -2.24. The van der Waals surface area contributed by atoms with Crippen LogP contribution in [0.25, 0.3) is 0 Å². The minimum atomic E-state index is -0.603. The molecule has 13 heteroatoms. The summed E-state index contributed by atoms with van der Waals surface area (Å²) in [5.41, 5.74) is 0.257. The van der Waals surface area contributed by atoms with Crippen molar-refractivity contribution in [3.05, 3.63) is 0 Å². The summed E-state index contributed by atoms with van der Waals surface area (Å²) in [7, 11) is 0. The first-order valence-electron chi connectivity index (χ1n) is 22.7. The third-order valence-corrected chi connectivity index (χ3v) is 6.78. The minimum absolute atomic E-state index is 0.0649. The second-order valence-corrected chi connectivity index (χ2v) is 22.4. The van der Waals surface area contributed by atoms with Gasteiger partial charge < -0.3 is 42.6 Å². The number of rotatable bonds is 23. The van der Waals surface area contributed by atoms with E-state index in [2.05, 4.69) is 107 Å². The molecule has 0 bridgehead atoms. The molecule has 0 saturated carbocycles. The summed E-state index contributed by atoms with van der Waals surface area (Å²) in [5, 5.41) is 0. The van der Waals surface area contributed by atoms with E-state index in [-0.39, 0.29) is 72.6 Å². The second-order valence-electron chi connectivity index (χ2n) is 22.4. The first kappa shape index (κ1) is 65.1. The molecule has 0 radical (unpaired) electrons. The Morgan fingerprint density at radius 2 is 0.641 bits per heavy atom. The molecule has 13 nitrogen and oxygen atoms in total. The molecular formula is C51H92O13. The molecule has 0 aliphatic heterocycles. The molecule has 0 spiro atoms. The second kappa shape index (κ2) is 35.1. The molecule has 0 atom stereocenters. The highest BCUT2D eigenvalue weighted by atomic mass is 16.6. The molecule has 0 rings (SSSR count). The maximum atomic E-state index is 11.5. The fourth-order valence-electron chi connectivity index (χ4n) is 3.84. The van der Waals surface area contributed by atoms with Crippen LogP contribution in [-0.2, 0) is 61.8 Å². The number of carbonyl (C=O) groups excluding carboxylic acids is 4. The highest BCUT2D eigenvalue weighted by Gasteiger charge is 2.18. The molecule has 374 valence electrons. The standard InChI is InChI=1S/C19H32O8.C18H30O2.C14H30O3/c1-18(2,3)13-26-16(22)8-7-14(20)24-11-12-25-15(21)9-10-17(23)27-19(4,5)6;1-17(2,3)11-7-9-13-19-15-16-20-14-10-8-12-18(4,5)6;1-13(2,3)11-16-9-7-15-8-10-17-12-14(4,5)6/h7-13H2,1-6H3;11-16H2,1-6H3;7-12H2,1-6H3. The van der Waals surface area contributed by atoms with E-state index in [9.17, 15) is 19.2 Å². The number of hydrogen-bond acceptors (Lipinski definition) is 13. The Bertz CT molecular complexity index is 1310. The lowest BCUT2D eigenvalue weighted by Gasteiger charge is -2.19. The van der Waals surface area contributed by atoms with E-state index in [1.807, 2.05) is 20.8 Å². The topological polar surface area (TPSA) is 151 Å². The Morgan fingerprint density at radius 3 is 0.969 bits per heavy atom. The lowest BCUT2D eigenvalue weighted by atomic mass is 9.93. The number of hydrogen-bond donors (Lipinski definition) is 0. The van der Waals surface area contributed by atoms with Gasteiger partial charge >= 0.3 is 23.9 Å². The van der Waals surface area contributed by atoms with Gasteiger partial charge in [0, 0.05) is 12.8 Å². The summed E-state index contributed by atoms with van der Waals surface area (Å²) in [4.78, 5) is 46.0. The van der Waals surface area contributed by atoms with Crippen LogP contribution in [0.4, 0.5) is 0 Å². The fourth-order valence-corrected chi connectivity index (χ4v) is 3.84. The highest BCUT2D eigenvalue weighted by molar-refractivity contribution is 5.78. The van der Waals surface area contributed by atoms with Gasteiger partial charge in [-0.1, -0.05) is 116 Å². The molecule has 0 unspecified atom stereocenters. The lowest BCUT2D eigenvalue weighted by molar-refractivity contribution is -0.159. The van der Waals surface area contributed by atoms with E-state index < -0.39 is 29.5 Å². The van der Waals surface area contributed by atoms with Gasteiger partial charge in [-0.25, -0.2) is 0 Å². The molecule has 0 aromatic heterocycles. The van der Waals surface area contributed by atoms with Gasteiger partial charge in [-0.3, -0.25) is 19.2 Å². The maximum Gasteiger partial charge on any atom is 0.306 e. The third-order valence-electron chi connectivity index (χ3n) is 6.78. The fraction of sp³-hybridized carbons (Fsp3) is 0.843. The van der Waals surface area contributed by atoms with Crippen molar-refractivity contribution < 1.29 is 61.8 Å². The van der Waals surface area contributed by atoms with Crippen LogP contribution in [0.3, 0.4) is 0 Å². The van der Waals surface area contributed by atoms with Crippen molar-refractivity contribution in [3.8, 4) is 23.7 Å². The van der Waals surface area contributed by atoms with Crippen molar-refractivity contribution in [1.29, 1.82) is 0 Å². The predicted molar refractivity (Wildman–Crippen MR) is 253 cm³/mol. The molecular weight excluding hydrogens is 821 g/mol. The first-order valence-corrected chi connectivity index (χ1v) is 22.7. The summed E-state index contributed by atoms with van der Waals surface area (Å²) in [6.07, 6.45) is 1.45. The summed E-state index contributed by atoms with van der Waals surface area (Å²) < 4.78 is 47.0. The van der Waals surface area contributed by atoms with E-state index in [4.69, 9.17) is 42.6 Å². The monoisotopic (exact) mass is 913 g/mol. The van der Waals surface area contributed by atoms with E-state index >= 15 is 0 Å². The molecule has 64 heavy (non-hydrogen) atoms. The molecule has 0 fully saturated rings. The van der Waals surface area contributed by atoms with E-state index in [1.165, 1.54) is 0 Å². The van der Waals surface area contributed by atoms with Crippen LogP contribution >= 0.6 is 0 Å². The van der Waals surface area contributed by atoms with E-state index in [0.717, 1.165) is 26.1 Å². The van der Waals surface area contributed by atoms with Crippen LogP contribution in [0, 0.1) is 50.8 Å². The molecule has 0 aromatic rings. The van der Waals surface area contributed by atoms with Gasteiger partial charge in [0.15, 0.2) is 0 Å². The summed E-state index contributed by atoms with van der Waals surface area (Å²) >= 11 is 0. The van der Waals surface area contributed by atoms with Crippen molar-refractivity contribution in [2.24, 2.45) is 27.1 Å². The van der Waals surface area contributed by atoms with E-state index in [0.29, 0.717) is 52.9 Å². The number of esters is 4. The van der Waals surface area contributed by atoms with Crippen molar-refractivity contribution >= 4 is 23.9 Å². The Balaban J connectivity index is -0.000000900. The molecule has 0 N–H and O–H groups in total. The van der Waals surface area contributed by atoms with Crippen molar-refractivity contribution in [3.63, 3.8) is 0 Å². The zero-order chi connectivity index (χ0) is 49.9. The molecule has 0 saturated heterocycles. The maximum absolute atomic E-state index is 11.5. The zero-order valence-electron chi connectivity index (χ0n) is 43.7. The van der Waals surface area contributed by atoms with Gasteiger partial charge in [-0.15, -0.1) is 11.8 Å². The molecule has 0 heterocycles. The van der Waals surface area contributed by atoms with Crippen molar-refractivity contribution in [1.82, 2.24) is 0 Å². The van der Waals surface area contributed by atoms with Gasteiger partial charge in [0.2, 0.25) is 0 Å². The summed E-state index contributed by atoms with van der Waals surface area (Å²) in [6.45, 7) is 43.4. The number of ether oxygens (including phenoxy) is 9. The van der Waals surface area contributed by atoms with Gasteiger partial charge in [0.25, 0.3) is 0 Å². The SMILES string of the molecule is CC(C)(C)CC#CCOCCOCC#CCC(C)(C)C.CC(C)(C)COC(=O)CCC(=O)OCCOC(=O)CCC(=O)OC(C)(C)C.CC(C)(C)COCCOCCOCC(C)(C)C. The highest BCUT2D eigenvalue weighted by Crippen LogP contribution is 2.18. The Hall–Kier alpha value is -3.20. The van der Waals surface area contributed by atoms with Crippen LogP contribution in [-0.4, -0.2) is 115 Å². The Labute approximate surface area is 390 Å². The Kier molecular flexibility index (Phi) is 35.6. The Morgan fingerprint density at radius 1 is 0.328 bits per heavy atom. The normalized spacial score (nSPS) is 11.8. The van der Waals surface area contributed by atoms with Crippen molar-refractivity contribution in [2.45, 2.75) is 169 Å². The molecule has 0 aliphatic rings. The summed E-state index contributed by atoms with van der Waals surface area (Å²) in [6, 6.07) is 0. The van der Waals surface area contributed by atoms with Crippen LogP contribution in [0.1, 0.15) is 163 Å². The van der Waals surface area contributed by atoms with Gasteiger partial charge in [-0.05, 0) is 47.8 Å². The average Bonchev–Trinajstić information content (AvgIpc) is 3.11. The van der Waals surface area contributed by atoms with Gasteiger partial charge in [-0.2, -0.15) is 0 Å². The van der Waals surface area contributed by atoms with Crippen LogP contribution in [0.5, 0.6) is 0 Å². The van der Waals surface area contributed by atoms with Crippen LogP contribution < -0.4 is 0 Å². The largest absolute Gasteiger partial charge is 0.465 e. The zero-order valence-corrected chi connectivity index (χ0v) is 43.7. The molecule has 0 aliphatic carbocycles. The summed E-state index contributed by atoms with van der Waals surface area (Å²) in [5.74, 6) is 10.2. The third kappa shape index (κ3) is 63.1. The van der Waals surface area contributed by atoms with Gasteiger partial charge in [0.1, 0.15) is 32.0 Å². The minimum Gasteiger partial charge on any atom is -0.465 e. The molecule has 0 amide bonds. The number of carbonyl (C=O) groups is 4. The quantitative estimate of drug-likeness (QED) is 0.0415. The van der Waals surface area contributed by atoms with Crippen molar-refractivity contribution in [2.75, 3.05) is 85.9 Å². The predicted octanol–water partition coefficient (Wildman–Crippen LogP) is 9.59. The molecule has 0 aromatic carbocycles. The first-order chi connectivity index (χ1) is 29.2. The van der Waals surface area contributed by atoms with Crippen LogP contribution in [0.2, 0.25) is 0 Å². The smallest absolute Gasteiger partial charge is 0.306 e. The van der Waals surface area contributed by atoms with Gasteiger partial charge in [0.05, 0.1) is 85.1 Å². The van der Waals surface area contributed by atoms with Crippen LogP contribution in [0.15, 0.2) is 0 Å².